The van der Waals surface area contributed by atoms with E-state index in [1.807, 2.05) is 54.6 Å². The molecule has 0 N–H and O–H groups in total. The molecule has 2 nitrogen and oxygen atoms in total. The third-order valence-corrected chi connectivity index (χ3v) is 7.48. The molecule has 4 rings (SSSR count). The predicted molar refractivity (Wildman–Crippen MR) is 146 cm³/mol. The Labute approximate surface area is 211 Å². The highest BCUT2D eigenvalue weighted by atomic mass is 16.5. The maximum Gasteiger partial charge on any atom is 0.338 e. The van der Waals surface area contributed by atoms with Gasteiger partial charge in [-0.05, 0) is 89.0 Å². The maximum atomic E-state index is 12.4. The molecule has 2 atom stereocenters. The van der Waals surface area contributed by atoms with Crippen molar-refractivity contribution < 1.29 is 9.53 Å². The Hall–Kier alpha value is -3.13. The van der Waals surface area contributed by atoms with E-state index in [0.29, 0.717) is 29.2 Å². The van der Waals surface area contributed by atoms with Gasteiger partial charge in [-0.2, -0.15) is 0 Å². The number of rotatable bonds is 7. The molecule has 3 aromatic carbocycles. The molecule has 0 radical (unpaired) electrons. The Morgan fingerprint density at radius 3 is 2.06 bits per heavy atom. The van der Waals surface area contributed by atoms with Crippen molar-refractivity contribution in [2.75, 3.05) is 0 Å². The molecule has 2 unspecified atom stereocenters. The number of hydrogen-bond donors (Lipinski definition) is 0. The molecule has 0 spiro atoms. The SMILES string of the molecule is C/C(=C\c1ccc(C(=O)OCc2ccccc2)cc1)c1ccc2c(c1)C(C(C)C)CCC2C(C)C. The summed E-state index contributed by atoms with van der Waals surface area (Å²) in [5.41, 5.74) is 8.27. The largest absolute Gasteiger partial charge is 0.457 e. The summed E-state index contributed by atoms with van der Waals surface area (Å²) in [6, 6.07) is 24.5. The van der Waals surface area contributed by atoms with E-state index in [0.717, 1.165) is 11.1 Å². The molecule has 182 valence electrons. The van der Waals surface area contributed by atoms with Crippen LogP contribution in [0.5, 0.6) is 0 Å². The summed E-state index contributed by atoms with van der Waals surface area (Å²) in [5, 5.41) is 0. The molecule has 0 amide bonds. The number of allylic oxidation sites excluding steroid dienone is 1. The van der Waals surface area contributed by atoms with Crippen molar-refractivity contribution in [3.05, 3.63) is 106 Å². The van der Waals surface area contributed by atoms with E-state index in [1.54, 1.807) is 11.1 Å². The monoisotopic (exact) mass is 466 g/mol. The zero-order valence-electron chi connectivity index (χ0n) is 21.8. The molecule has 2 heteroatoms. The van der Waals surface area contributed by atoms with E-state index in [4.69, 9.17) is 4.74 Å². The Morgan fingerprint density at radius 2 is 1.43 bits per heavy atom. The molecular weight excluding hydrogens is 428 g/mol. The molecule has 0 saturated heterocycles. The quantitative estimate of drug-likeness (QED) is 0.257. The van der Waals surface area contributed by atoms with Crippen LogP contribution in [0.2, 0.25) is 0 Å². The predicted octanol–water partition coefficient (Wildman–Crippen LogP) is 8.88. The molecule has 0 aliphatic heterocycles. The lowest BCUT2D eigenvalue weighted by Gasteiger charge is -2.36. The minimum absolute atomic E-state index is 0.286. The van der Waals surface area contributed by atoms with Crippen LogP contribution in [0.4, 0.5) is 0 Å². The molecular formula is C33H38O2. The highest BCUT2D eigenvalue weighted by molar-refractivity contribution is 5.90. The average molecular weight is 467 g/mol. The van der Waals surface area contributed by atoms with Gasteiger partial charge in [-0.1, -0.05) is 94.4 Å². The Bertz CT molecular complexity index is 1170. The van der Waals surface area contributed by atoms with Gasteiger partial charge >= 0.3 is 5.97 Å². The summed E-state index contributed by atoms with van der Waals surface area (Å²) in [4.78, 5) is 12.4. The lowest BCUT2D eigenvalue weighted by atomic mass is 9.69. The van der Waals surface area contributed by atoms with E-state index in [-0.39, 0.29) is 12.6 Å². The zero-order valence-corrected chi connectivity index (χ0v) is 21.8. The van der Waals surface area contributed by atoms with Gasteiger partial charge in [0.05, 0.1) is 5.56 Å². The van der Waals surface area contributed by atoms with E-state index in [9.17, 15) is 4.79 Å². The number of carbonyl (C=O) groups excluding carboxylic acids is 1. The van der Waals surface area contributed by atoms with Gasteiger partial charge in [0.1, 0.15) is 6.61 Å². The minimum atomic E-state index is -0.296. The summed E-state index contributed by atoms with van der Waals surface area (Å²) in [5.74, 6) is 2.31. The smallest absolute Gasteiger partial charge is 0.338 e. The summed E-state index contributed by atoms with van der Waals surface area (Å²) >= 11 is 0. The number of ether oxygens (including phenoxy) is 1. The number of fused-ring (bicyclic) bond motifs is 1. The number of esters is 1. The Balaban J connectivity index is 1.50. The lowest BCUT2D eigenvalue weighted by Crippen LogP contribution is -2.21. The minimum Gasteiger partial charge on any atom is -0.457 e. The molecule has 1 aliphatic rings. The van der Waals surface area contributed by atoms with Gasteiger partial charge in [0, 0.05) is 0 Å². The third-order valence-electron chi connectivity index (χ3n) is 7.48. The highest BCUT2D eigenvalue weighted by Gasteiger charge is 2.30. The van der Waals surface area contributed by atoms with Crippen LogP contribution in [-0.2, 0) is 11.3 Å². The van der Waals surface area contributed by atoms with Gasteiger partial charge in [0.2, 0.25) is 0 Å². The number of hydrogen-bond acceptors (Lipinski definition) is 2. The molecule has 0 heterocycles. The van der Waals surface area contributed by atoms with Crippen molar-refractivity contribution in [2.45, 2.75) is 65.9 Å². The van der Waals surface area contributed by atoms with Crippen molar-refractivity contribution in [1.82, 2.24) is 0 Å². The second-order valence-corrected chi connectivity index (χ2v) is 10.6. The Morgan fingerprint density at radius 1 is 0.829 bits per heavy atom. The normalized spacial score (nSPS) is 18.0. The van der Waals surface area contributed by atoms with Crippen LogP contribution < -0.4 is 0 Å². The molecule has 0 aromatic heterocycles. The molecule has 1 aliphatic carbocycles. The fourth-order valence-electron chi connectivity index (χ4n) is 5.39. The molecule has 0 bridgehead atoms. The van der Waals surface area contributed by atoms with E-state index >= 15 is 0 Å². The van der Waals surface area contributed by atoms with Crippen LogP contribution in [0.1, 0.15) is 97.5 Å². The molecule has 0 saturated carbocycles. The highest BCUT2D eigenvalue weighted by Crippen LogP contribution is 2.45. The van der Waals surface area contributed by atoms with Crippen LogP contribution in [0.3, 0.4) is 0 Å². The summed E-state index contributed by atoms with van der Waals surface area (Å²) in [6.45, 7) is 11.9. The van der Waals surface area contributed by atoms with Gasteiger partial charge in [0.15, 0.2) is 0 Å². The van der Waals surface area contributed by atoms with Crippen molar-refractivity contribution in [3.63, 3.8) is 0 Å². The van der Waals surface area contributed by atoms with E-state index in [2.05, 4.69) is 58.9 Å². The first kappa shape index (κ1) is 25.0. The first-order valence-corrected chi connectivity index (χ1v) is 13.0. The van der Waals surface area contributed by atoms with Crippen molar-refractivity contribution in [2.24, 2.45) is 11.8 Å². The zero-order chi connectivity index (χ0) is 24.9. The fraction of sp³-hybridized carbons (Fsp3) is 0.364. The van der Waals surface area contributed by atoms with Crippen LogP contribution in [0, 0.1) is 11.8 Å². The molecule has 3 aromatic rings. The van der Waals surface area contributed by atoms with Crippen LogP contribution in [0.25, 0.3) is 11.6 Å². The lowest BCUT2D eigenvalue weighted by molar-refractivity contribution is 0.0472. The second-order valence-electron chi connectivity index (χ2n) is 10.6. The Kier molecular flexibility index (Phi) is 7.90. The van der Waals surface area contributed by atoms with Gasteiger partial charge in [-0.25, -0.2) is 4.79 Å². The first-order chi connectivity index (χ1) is 16.8. The second kappa shape index (κ2) is 11.1. The summed E-state index contributed by atoms with van der Waals surface area (Å²) in [6.07, 6.45) is 4.78. The number of benzene rings is 3. The van der Waals surface area contributed by atoms with Gasteiger partial charge in [-0.15, -0.1) is 0 Å². The van der Waals surface area contributed by atoms with Crippen molar-refractivity contribution in [3.8, 4) is 0 Å². The van der Waals surface area contributed by atoms with E-state index in [1.165, 1.54) is 24.0 Å². The standard InChI is InChI=1S/C33H38O2/c1-22(2)29-17-18-30(23(3)4)32-20-28(15-16-31(29)32)24(5)19-25-11-13-27(14-12-25)33(34)35-21-26-9-7-6-8-10-26/h6-16,19-20,22-23,29-30H,17-18,21H2,1-5H3/b24-19+. The van der Waals surface area contributed by atoms with Gasteiger partial charge < -0.3 is 4.74 Å². The van der Waals surface area contributed by atoms with Gasteiger partial charge in [0.25, 0.3) is 0 Å². The number of carbonyl (C=O) groups is 1. The summed E-state index contributed by atoms with van der Waals surface area (Å²) < 4.78 is 5.46. The van der Waals surface area contributed by atoms with Crippen molar-refractivity contribution >= 4 is 17.6 Å². The molecule has 35 heavy (non-hydrogen) atoms. The van der Waals surface area contributed by atoms with Gasteiger partial charge in [-0.3, -0.25) is 0 Å². The average Bonchev–Trinajstić information content (AvgIpc) is 2.87. The van der Waals surface area contributed by atoms with Crippen molar-refractivity contribution in [1.29, 1.82) is 0 Å². The first-order valence-electron chi connectivity index (χ1n) is 13.0. The van der Waals surface area contributed by atoms with E-state index < -0.39 is 0 Å². The maximum absolute atomic E-state index is 12.4. The topological polar surface area (TPSA) is 26.3 Å². The summed E-state index contributed by atoms with van der Waals surface area (Å²) in [7, 11) is 0. The van der Waals surface area contributed by atoms with Crippen LogP contribution in [0.15, 0.2) is 72.8 Å². The molecule has 0 fully saturated rings. The van der Waals surface area contributed by atoms with Crippen LogP contribution >= 0.6 is 0 Å². The fourth-order valence-corrected chi connectivity index (χ4v) is 5.39. The van der Waals surface area contributed by atoms with Crippen LogP contribution in [-0.4, -0.2) is 5.97 Å². The third kappa shape index (κ3) is 5.93.